The van der Waals surface area contributed by atoms with Crippen molar-refractivity contribution >= 4 is 5.91 Å². The molecule has 0 aliphatic carbocycles. The maximum atomic E-state index is 10.9. The maximum Gasteiger partial charge on any atom is 0.224 e. The molecule has 64 valence electrons. The summed E-state index contributed by atoms with van der Waals surface area (Å²) in [6.45, 7) is 5.35. The fraction of sp³-hybridized carbons (Fsp3) is 0.625. The molecule has 0 radical (unpaired) electrons. The predicted octanol–water partition coefficient (Wildman–Crippen LogP) is 0.450. The van der Waals surface area contributed by atoms with Crippen LogP contribution in [-0.4, -0.2) is 23.7 Å². The first-order valence-electron chi connectivity index (χ1n) is 3.75. The van der Waals surface area contributed by atoms with Gasteiger partial charge in [-0.1, -0.05) is 13.0 Å². The monoisotopic (exact) mass is 157 g/mol. The van der Waals surface area contributed by atoms with E-state index in [1.165, 1.54) is 0 Å². The van der Waals surface area contributed by atoms with Gasteiger partial charge in [-0.2, -0.15) is 0 Å². The highest BCUT2D eigenvalue weighted by Gasteiger charge is 2.06. The van der Waals surface area contributed by atoms with Crippen molar-refractivity contribution in [3.05, 3.63) is 12.7 Å². The van der Waals surface area contributed by atoms with Crippen LogP contribution in [0.25, 0.3) is 0 Å². The minimum atomic E-state index is -0.109. The Labute approximate surface area is 67.1 Å². The smallest absolute Gasteiger partial charge is 0.224 e. The van der Waals surface area contributed by atoms with Crippen LogP contribution in [0.15, 0.2) is 12.7 Å². The Bertz CT molecular complexity index is 130. The van der Waals surface area contributed by atoms with Gasteiger partial charge in [-0.15, -0.1) is 6.58 Å². The SMILES string of the molecule is C=CCC(=O)NC(CC)CO. The second-order valence-corrected chi connectivity index (χ2v) is 2.35. The van der Waals surface area contributed by atoms with Gasteiger partial charge in [0, 0.05) is 6.42 Å². The minimum absolute atomic E-state index is 0.000612. The predicted molar refractivity (Wildman–Crippen MR) is 44.1 cm³/mol. The molecule has 0 aromatic heterocycles. The highest BCUT2D eigenvalue weighted by atomic mass is 16.3. The zero-order valence-electron chi connectivity index (χ0n) is 6.84. The molecule has 0 rings (SSSR count). The lowest BCUT2D eigenvalue weighted by molar-refractivity contribution is -0.121. The van der Waals surface area contributed by atoms with Gasteiger partial charge >= 0.3 is 0 Å². The van der Waals surface area contributed by atoms with Crippen LogP contribution in [0.2, 0.25) is 0 Å². The first-order valence-corrected chi connectivity index (χ1v) is 3.75. The van der Waals surface area contributed by atoms with Crippen molar-refractivity contribution in [3.8, 4) is 0 Å². The molecule has 0 aromatic rings. The summed E-state index contributed by atoms with van der Waals surface area (Å²) in [5.41, 5.74) is 0. The maximum absolute atomic E-state index is 10.9. The molecule has 0 aliphatic heterocycles. The van der Waals surface area contributed by atoms with Crippen LogP contribution >= 0.6 is 0 Å². The van der Waals surface area contributed by atoms with Crippen molar-refractivity contribution in [2.75, 3.05) is 6.61 Å². The third-order valence-corrected chi connectivity index (χ3v) is 1.41. The quantitative estimate of drug-likeness (QED) is 0.569. The Morgan fingerprint density at radius 3 is 2.82 bits per heavy atom. The Morgan fingerprint density at radius 2 is 2.45 bits per heavy atom. The summed E-state index contributed by atoms with van der Waals surface area (Å²) < 4.78 is 0. The van der Waals surface area contributed by atoms with Crippen molar-refractivity contribution < 1.29 is 9.90 Å². The topological polar surface area (TPSA) is 49.3 Å². The van der Waals surface area contributed by atoms with Crippen LogP contribution in [0.3, 0.4) is 0 Å². The van der Waals surface area contributed by atoms with Crippen molar-refractivity contribution in [1.29, 1.82) is 0 Å². The summed E-state index contributed by atoms with van der Waals surface area (Å²) in [4.78, 5) is 10.9. The molecule has 2 N–H and O–H groups in total. The summed E-state index contributed by atoms with van der Waals surface area (Å²) in [5.74, 6) is -0.0825. The van der Waals surface area contributed by atoms with Gasteiger partial charge in [0.2, 0.25) is 5.91 Å². The van der Waals surface area contributed by atoms with E-state index in [0.717, 1.165) is 6.42 Å². The molecule has 0 aliphatic rings. The van der Waals surface area contributed by atoms with Gasteiger partial charge < -0.3 is 10.4 Å². The number of aliphatic hydroxyl groups is 1. The summed E-state index contributed by atoms with van der Waals surface area (Å²) in [5, 5.41) is 11.4. The molecular weight excluding hydrogens is 142 g/mol. The van der Waals surface area contributed by atoms with Gasteiger partial charge in [0.25, 0.3) is 0 Å². The Balaban J connectivity index is 3.62. The van der Waals surface area contributed by atoms with Crippen LogP contribution < -0.4 is 5.32 Å². The van der Waals surface area contributed by atoms with Crippen molar-refractivity contribution in [2.24, 2.45) is 0 Å². The molecule has 3 heteroatoms. The highest BCUT2D eigenvalue weighted by molar-refractivity contribution is 5.77. The number of hydrogen-bond acceptors (Lipinski definition) is 2. The van der Waals surface area contributed by atoms with Gasteiger partial charge in [-0.05, 0) is 6.42 Å². The fourth-order valence-electron chi connectivity index (χ4n) is 0.694. The van der Waals surface area contributed by atoms with E-state index in [9.17, 15) is 4.79 Å². The number of nitrogens with one attached hydrogen (secondary N) is 1. The van der Waals surface area contributed by atoms with Crippen LogP contribution in [-0.2, 0) is 4.79 Å². The zero-order chi connectivity index (χ0) is 8.69. The van der Waals surface area contributed by atoms with Gasteiger partial charge in [0.15, 0.2) is 0 Å². The normalized spacial score (nSPS) is 12.2. The number of carbonyl (C=O) groups excluding carboxylic acids is 1. The molecule has 11 heavy (non-hydrogen) atoms. The van der Waals surface area contributed by atoms with E-state index in [0.29, 0.717) is 6.42 Å². The molecule has 0 bridgehead atoms. The van der Waals surface area contributed by atoms with Gasteiger partial charge in [0.05, 0.1) is 12.6 Å². The van der Waals surface area contributed by atoms with E-state index < -0.39 is 0 Å². The van der Waals surface area contributed by atoms with Crippen molar-refractivity contribution in [3.63, 3.8) is 0 Å². The minimum Gasteiger partial charge on any atom is -0.394 e. The third-order valence-electron chi connectivity index (χ3n) is 1.41. The molecular formula is C8H15NO2. The second-order valence-electron chi connectivity index (χ2n) is 2.35. The number of aliphatic hydroxyl groups excluding tert-OH is 1. The van der Waals surface area contributed by atoms with E-state index in [1.807, 2.05) is 6.92 Å². The number of amides is 1. The van der Waals surface area contributed by atoms with Gasteiger partial charge in [0.1, 0.15) is 0 Å². The molecule has 0 saturated heterocycles. The largest absolute Gasteiger partial charge is 0.394 e. The lowest BCUT2D eigenvalue weighted by Gasteiger charge is -2.12. The van der Waals surface area contributed by atoms with Gasteiger partial charge in [-0.25, -0.2) is 0 Å². The van der Waals surface area contributed by atoms with E-state index >= 15 is 0 Å². The van der Waals surface area contributed by atoms with Gasteiger partial charge in [-0.3, -0.25) is 4.79 Å². The fourth-order valence-corrected chi connectivity index (χ4v) is 0.694. The molecule has 1 unspecified atom stereocenters. The summed E-state index contributed by atoms with van der Waals surface area (Å²) in [7, 11) is 0. The van der Waals surface area contributed by atoms with E-state index in [1.54, 1.807) is 6.08 Å². The zero-order valence-corrected chi connectivity index (χ0v) is 6.84. The number of rotatable bonds is 5. The Kier molecular flexibility index (Phi) is 5.47. The highest BCUT2D eigenvalue weighted by Crippen LogP contribution is 1.90. The van der Waals surface area contributed by atoms with Crippen molar-refractivity contribution in [1.82, 2.24) is 5.32 Å². The van der Waals surface area contributed by atoms with Crippen LogP contribution in [0.5, 0.6) is 0 Å². The molecule has 0 aromatic carbocycles. The molecule has 3 nitrogen and oxygen atoms in total. The molecule has 0 fully saturated rings. The average Bonchev–Trinajstić information content (AvgIpc) is 2.01. The molecule has 1 atom stereocenters. The Morgan fingerprint density at radius 1 is 1.82 bits per heavy atom. The second kappa shape index (κ2) is 5.92. The first kappa shape index (κ1) is 10.2. The first-order chi connectivity index (χ1) is 5.24. The molecule has 0 heterocycles. The third kappa shape index (κ3) is 4.56. The van der Waals surface area contributed by atoms with Crippen LogP contribution in [0, 0.1) is 0 Å². The average molecular weight is 157 g/mol. The number of carbonyl (C=O) groups is 1. The van der Waals surface area contributed by atoms with Crippen molar-refractivity contribution in [2.45, 2.75) is 25.8 Å². The number of hydrogen-bond donors (Lipinski definition) is 2. The standard InChI is InChI=1S/C8H15NO2/c1-3-5-8(11)9-7(4-2)6-10/h3,7,10H,1,4-6H2,2H3,(H,9,11). The molecule has 0 saturated carbocycles. The summed E-state index contributed by atoms with van der Waals surface area (Å²) >= 11 is 0. The van der Waals surface area contributed by atoms with E-state index in [2.05, 4.69) is 11.9 Å². The molecule has 1 amide bonds. The lowest BCUT2D eigenvalue weighted by atomic mass is 10.2. The van der Waals surface area contributed by atoms with E-state index in [4.69, 9.17) is 5.11 Å². The summed E-state index contributed by atoms with van der Waals surface area (Å²) in [6.07, 6.45) is 2.61. The Hall–Kier alpha value is -0.830. The van der Waals surface area contributed by atoms with E-state index in [-0.39, 0.29) is 18.6 Å². The summed E-state index contributed by atoms with van der Waals surface area (Å²) in [6, 6.07) is -0.109. The molecule has 0 spiro atoms. The van der Waals surface area contributed by atoms with Crippen LogP contribution in [0.4, 0.5) is 0 Å². The lowest BCUT2D eigenvalue weighted by Crippen LogP contribution is -2.36. The van der Waals surface area contributed by atoms with Crippen LogP contribution in [0.1, 0.15) is 19.8 Å².